The summed E-state index contributed by atoms with van der Waals surface area (Å²) in [5.41, 5.74) is -0.687. The van der Waals surface area contributed by atoms with Gasteiger partial charge >= 0.3 is 11.9 Å². The molecule has 262 valence electrons. The van der Waals surface area contributed by atoms with Crippen LogP contribution in [0.1, 0.15) is 176 Å². The van der Waals surface area contributed by atoms with Crippen molar-refractivity contribution in [3.8, 4) is 0 Å². The van der Waals surface area contributed by atoms with E-state index in [0.717, 1.165) is 57.4 Å². The van der Waals surface area contributed by atoms with Crippen molar-refractivity contribution in [3.05, 3.63) is 53.6 Å². The van der Waals surface area contributed by atoms with Gasteiger partial charge in [-0.3, -0.25) is 4.55 Å². The van der Waals surface area contributed by atoms with Gasteiger partial charge in [0.05, 0.1) is 24.3 Å². The second-order valence-electron chi connectivity index (χ2n) is 12.1. The van der Waals surface area contributed by atoms with Gasteiger partial charge in [0.1, 0.15) is 4.90 Å². The summed E-state index contributed by atoms with van der Waals surface area (Å²) < 4.78 is 44.5. The number of carbonyl (C=O) groups excluding carboxylic acids is 2. The molecule has 0 atom stereocenters. The van der Waals surface area contributed by atoms with Crippen LogP contribution in [0.3, 0.4) is 0 Å². The zero-order valence-corrected chi connectivity index (χ0v) is 29.6. The Labute approximate surface area is 280 Å². The van der Waals surface area contributed by atoms with Crippen molar-refractivity contribution in [1.29, 1.82) is 0 Å². The molecule has 0 spiro atoms. The maximum atomic E-state index is 12.9. The highest BCUT2D eigenvalue weighted by atomic mass is 32.2. The third-order valence-corrected chi connectivity index (χ3v) is 8.93. The van der Waals surface area contributed by atoms with Crippen LogP contribution < -0.4 is 0 Å². The molecule has 0 aromatic heterocycles. The topological polar surface area (TPSA) is 107 Å². The molecule has 46 heavy (non-hydrogen) atoms. The lowest BCUT2D eigenvalue weighted by atomic mass is 10.1. The molecule has 0 aliphatic heterocycles. The van der Waals surface area contributed by atoms with E-state index in [1.807, 2.05) is 0 Å². The zero-order valence-electron chi connectivity index (χ0n) is 28.8. The molecule has 1 aromatic rings. The lowest BCUT2D eigenvalue weighted by molar-refractivity contribution is 0.0446. The van der Waals surface area contributed by atoms with Crippen molar-refractivity contribution in [3.63, 3.8) is 0 Å². The number of benzene rings is 1. The van der Waals surface area contributed by atoms with Gasteiger partial charge in [0.15, 0.2) is 0 Å². The van der Waals surface area contributed by atoms with E-state index in [-0.39, 0.29) is 18.8 Å². The van der Waals surface area contributed by atoms with Gasteiger partial charge in [-0.05, 0) is 63.5 Å². The van der Waals surface area contributed by atoms with Gasteiger partial charge in [0.2, 0.25) is 0 Å². The van der Waals surface area contributed by atoms with Crippen molar-refractivity contribution in [2.45, 2.75) is 160 Å². The van der Waals surface area contributed by atoms with Crippen LogP contribution >= 0.6 is 0 Å². The summed E-state index contributed by atoms with van der Waals surface area (Å²) in [6.45, 7) is 4.58. The highest BCUT2D eigenvalue weighted by Gasteiger charge is 2.28. The monoisotopic (exact) mass is 662 g/mol. The van der Waals surface area contributed by atoms with Crippen molar-refractivity contribution >= 4 is 22.1 Å². The number of rotatable bonds is 29. The van der Waals surface area contributed by atoms with Crippen LogP contribution in [0.4, 0.5) is 0 Å². The van der Waals surface area contributed by atoms with Crippen molar-refractivity contribution < 1.29 is 32.0 Å². The van der Waals surface area contributed by atoms with E-state index in [4.69, 9.17) is 9.47 Å². The summed E-state index contributed by atoms with van der Waals surface area (Å²) in [5, 5.41) is 0. The van der Waals surface area contributed by atoms with Crippen LogP contribution in [0.5, 0.6) is 0 Å². The summed E-state index contributed by atoms with van der Waals surface area (Å²) in [5.74, 6) is -1.75. The Morgan fingerprint density at radius 2 is 0.978 bits per heavy atom. The predicted molar refractivity (Wildman–Crippen MR) is 188 cm³/mol. The quantitative estimate of drug-likeness (QED) is 0.0393. The van der Waals surface area contributed by atoms with Crippen molar-refractivity contribution in [2.24, 2.45) is 0 Å². The normalized spacial score (nSPS) is 11.9. The van der Waals surface area contributed by atoms with E-state index in [0.29, 0.717) is 12.8 Å². The molecule has 8 heteroatoms. The zero-order chi connectivity index (χ0) is 33.7. The summed E-state index contributed by atoms with van der Waals surface area (Å²) >= 11 is 0. The van der Waals surface area contributed by atoms with Crippen molar-refractivity contribution in [2.75, 3.05) is 13.2 Å². The summed E-state index contributed by atoms with van der Waals surface area (Å²) in [7, 11) is -4.76. The summed E-state index contributed by atoms with van der Waals surface area (Å²) in [6, 6.07) is 3.73. The fourth-order valence-electron chi connectivity index (χ4n) is 5.38. The molecule has 0 aliphatic carbocycles. The van der Waals surface area contributed by atoms with E-state index in [1.54, 1.807) is 0 Å². The molecule has 0 fully saturated rings. The number of allylic oxidation sites excluding steroid dienone is 4. The lowest BCUT2D eigenvalue weighted by Gasteiger charge is -2.13. The van der Waals surface area contributed by atoms with Gasteiger partial charge < -0.3 is 9.47 Å². The molecule has 0 aliphatic rings. The van der Waals surface area contributed by atoms with Crippen LogP contribution in [-0.2, 0) is 19.6 Å². The maximum absolute atomic E-state index is 12.9. The fourth-order valence-corrected chi connectivity index (χ4v) is 6.08. The Bertz CT molecular complexity index is 1110. The Morgan fingerprint density at radius 3 is 1.39 bits per heavy atom. The number of esters is 2. The average Bonchev–Trinajstić information content (AvgIpc) is 3.04. The molecule has 0 saturated carbocycles. The number of hydrogen-bond acceptors (Lipinski definition) is 6. The first-order chi connectivity index (χ1) is 22.3. The Balaban J connectivity index is 2.36. The average molecular weight is 663 g/mol. The highest BCUT2D eigenvalue weighted by Crippen LogP contribution is 2.23. The minimum atomic E-state index is -4.76. The van der Waals surface area contributed by atoms with E-state index in [2.05, 4.69) is 38.2 Å². The smallest absolute Gasteiger partial charge is 0.340 e. The van der Waals surface area contributed by atoms with Gasteiger partial charge in [-0.1, -0.05) is 134 Å². The van der Waals surface area contributed by atoms with E-state index < -0.39 is 32.5 Å². The van der Waals surface area contributed by atoms with Gasteiger partial charge in [-0.2, -0.15) is 8.42 Å². The van der Waals surface area contributed by atoms with E-state index >= 15 is 0 Å². The first kappa shape index (κ1) is 41.6. The molecular weight excluding hydrogens is 600 g/mol. The van der Waals surface area contributed by atoms with Crippen LogP contribution in [0.15, 0.2) is 47.4 Å². The number of unbranched alkanes of at least 4 members (excludes halogenated alkanes) is 18. The second kappa shape index (κ2) is 27.6. The molecule has 0 radical (unpaired) electrons. The minimum absolute atomic E-state index is 0.106. The second-order valence-corrected chi connectivity index (χ2v) is 13.5. The first-order valence-corrected chi connectivity index (χ1v) is 19.5. The molecule has 0 unspecified atom stereocenters. The third kappa shape index (κ3) is 20.6. The standard InChI is InChI=1S/C38H62O7S/c1-3-5-7-9-11-13-15-17-19-21-23-25-27-32-44-37(39)34-30-29-31-35(46(41,42)43)36(34)38(40)45-33-28-26-24-22-20-18-16-14-12-10-8-6-4-2/h5-8,29-31H,3-4,9-28,32-33H2,1-2H3,(H,41,42,43)/b7-5+,8-6+. The molecule has 1 rings (SSSR count). The Morgan fingerprint density at radius 1 is 0.587 bits per heavy atom. The van der Waals surface area contributed by atoms with Crippen molar-refractivity contribution in [1.82, 2.24) is 0 Å². The number of carbonyl (C=O) groups is 2. The minimum Gasteiger partial charge on any atom is -0.462 e. The first-order valence-electron chi connectivity index (χ1n) is 18.1. The summed E-state index contributed by atoms with van der Waals surface area (Å²) in [6.07, 6.45) is 33.5. The lowest BCUT2D eigenvalue weighted by Crippen LogP contribution is -2.19. The summed E-state index contributed by atoms with van der Waals surface area (Å²) in [4.78, 5) is 25.2. The molecule has 0 amide bonds. The van der Waals surface area contributed by atoms with Gasteiger partial charge in [-0.25, -0.2) is 9.59 Å². The molecule has 1 aromatic carbocycles. The van der Waals surface area contributed by atoms with E-state index in [1.165, 1.54) is 89.2 Å². The van der Waals surface area contributed by atoms with Gasteiger partial charge in [-0.15, -0.1) is 0 Å². The Kier molecular flexibility index (Phi) is 25.0. The van der Waals surface area contributed by atoms with Crippen LogP contribution in [0.2, 0.25) is 0 Å². The van der Waals surface area contributed by atoms with Gasteiger partial charge in [0.25, 0.3) is 10.1 Å². The number of ether oxygens (including phenoxy) is 2. The predicted octanol–water partition coefficient (Wildman–Crippen LogP) is 11.0. The SMILES string of the molecule is CC/C=C/CCCCCCCCCCCOC(=O)c1cccc(S(=O)(=O)O)c1C(=O)OCCCCCCCCCCC/C=C/CC. The number of hydrogen-bond donors (Lipinski definition) is 1. The van der Waals surface area contributed by atoms with Crippen LogP contribution in [0, 0.1) is 0 Å². The Hall–Kier alpha value is -2.45. The molecule has 0 bridgehead atoms. The highest BCUT2D eigenvalue weighted by molar-refractivity contribution is 7.86. The van der Waals surface area contributed by atoms with E-state index in [9.17, 15) is 22.6 Å². The van der Waals surface area contributed by atoms with Crippen LogP contribution in [-0.4, -0.2) is 38.1 Å². The molecule has 7 nitrogen and oxygen atoms in total. The van der Waals surface area contributed by atoms with Gasteiger partial charge in [0, 0.05) is 0 Å². The third-order valence-electron chi connectivity index (χ3n) is 8.03. The molecule has 0 heterocycles. The fraction of sp³-hybridized carbons (Fsp3) is 0.684. The maximum Gasteiger partial charge on any atom is 0.340 e. The van der Waals surface area contributed by atoms with Crippen LogP contribution in [0.25, 0.3) is 0 Å². The molecular formula is C38H62O7S. The molecule has 1 N–H and O–H groups in total. The molecule has 0 saturated heterocycles. The largest absolute Gasteiger partial charge is 0.462 e.